The lowest BCUT2D eigenvalue weighted by atomic mass is 10.2. The summed E-state index contributed by atoms with van der Waals surface area (Å²) in [5.74, 6) is -1.67. The monoisotopic (exact) mass is 386 g/mol. The number of carbonyl (C=O) groups is 1. The first-order chi connectivity index (χ1) is 9.74. The maximum atomic E-state index is 12.5. The second-order valence-corrected chi connectivity index (χ2v) is 6.80. The molecule has 0 aliphatic carbocycles. The smallest absolute Gasteiger partial charge is 0.387 e. The third kappa shape index (κ3) is 4.13. The minimum Gasteiger partial charge on any atom is -0.462 e. The molecule has 0 fully saturated rings. The Labute approximate surface area is 129 Å². The molecule has 0 atom stereocenters. The number of hydrogen-bond donors (Lipinski definition) is 0. The molecule has 118 valence electrons. The third-order valence-electron chi connectivity index (χ3n) is 2.48. The molecule has 0 N–H and O–H groups in total. The summed E-state index contributed by atoms with van der Waals surface area (Å²) < 4.78 is 57.6. The number of rotatable bonds is 6. The molecular formula is C12H13BrF2O5S. The van der Waals surface area contributed by atoms with Crippen molar-refractivity contribution < 1.29 is 31.5 Å². The van der Waals surface area contributed by atoms with Gasteiger partial charge in [0.2, 0.25) is 0 Å². The van der Waals surface area contributed by atoms with E-state index in [1.165, 1.54) is 13.0 Å². The third-order valence-corrected chi connectivity index (χ3v) is 5.02. The molecule has 0 saturated carbocycles. The molecule has 0 aliphatic rings. The van der Waals surface area contributed by atoms with Crippen LogP contribution in [0.25, 0.3) is 0 Å². The van der Waals surface area contributed by atoms with E-state index in [1.54, 1.807) is 6.92 Å². The van der Waals surface area contributed by atoms with Gasteiger partial charge >= 0.3 is 12.6 Å². The van der Waals surface area contributed by atoms with E-state index in [0.29, 0.717) is 0 Å². The fourth-order valence-electron chi connectivity index (χ4n) is 1.50. The highest BCUT2D eigenvalue weighted by atomic mass is 79.9. The Morgan fingerprint density at radius 2 is 1.95 bits per heavy atom. The normalized spacial score (nSPS) is 11.5. The summed E-state index contributed by atoms with van der Waals surface area (Å²) in [4.78, 5) is 11.3. The number of benzene rings is 1. The molecule has 0 heterocycles. The van der Waals surface area contributed by atoms with E-state index < -0.39 is 33.1 Å². The molecule has 0 bridgehead atoms. The van der Waals surface area contributed by atoms with E-state index >= 15 is 0 Å². The fourth-order valence-corrected chi connectivity index (χ4v) is 3.26. The van der Waals surface area contributed by atoms with E-state index in [1.807, 2.05) is 0 Å². The minimum absolute atomic E-state index is 0.0886. The molecule has 0 spiro atoms. The molecule has 1 aromatic rings. The Morgan fingerprint density at radius 1 is 1.33 bits per heavy atom. The summed E-state index contributed by atoms with van der Waals surface area (Å²) in [6.45, 7) is -0.192. The minimum atomic E-state index is -3.79. The van der Waals surface area contributed by atoms with Gasteiger partial charge in [0.1, 0.15) is 4.90 Å². The molecule has 9 heteroatoms. The van der Waals surface area contributed by atoms with Crippen LogP contribution in [0.2, 0.25) is 0 Å². The Bertz CT molecular complexity index is 631. The predicted octanol–water partition coefficient (Wildman–Crippen LogP) is 3.02. The molecular weight excluding hydrogens is 374 g/mol. The highest BCUT2D eigenvalue weighted by molar-refractivity contribution is 9.10. The Balaban J connectivity index is 3.49. The van der Waals surface area contributed by atoms with E-state index in [0.717, 1.165) is 6.07 Å². The summed E-state index contributed by atoms with van der Waals surface area (Å²) in [5.41, 5.74) is -0.0949. The van der Waals surface area contributed by atoms with Gasteiger partial charge in [-0.1, -0.05) is 6.92 Å². The van der Waals surface area contributed by atoms with Crippen molar-refractivity contribution in [3.05, 3.63) is 22.2 Å². The lowest BCUT2D eigenvalue weighted by Crippen LogP contribution is -2.13. The van der Waals surface area contributed by atoms with Crippen molar-refractivity contribution in [3.63, 3.8) is 0 Å². The standard InChI is InChI=1S/C12H13BrF2O5S/c1-3-19-11(16)7-5-6-8(21(17,18)4-2)10(9(7)13)20-12(14)15/h5-6,12H,3-4H2,1-2H3. The van der Waals surface area contributed by atoms with Crippen molar-refractivity contribution in [1.29, 1.82) is 0 Å². The van der Waals surface area contributed by atoms with Crippen molar-refractivity contribution >= 4 is 31.7 Å². The first-order valence-electron chi connectivity index (χ1n) is 5.91. The fraction of sp³-hybridized carbons (Fsp3) is 0.417. The van der Waals surface area contributed by atoms with Crippen molar-refractivity contribution in [2.75, 3.05) is 12.4 Å². The van der Waals surface area contributed by atoms with Crippen LogP contribution in [0.1, 0.15) is 24.2 Å². The Kier molecular flexibility index (Phi) is 6.09. The van der Waals surface area contributed by atoms with Crippen LogP contribution in [0, 0.1) is 0 Å². The lowest BCUT2D eigenvalue weighted by molar-refractivity contribution is -0.0523. The van der Waals surface area contributed by atoms with E-state index in [2.05, 4.69) is 20.7 Å². The Morgan fingerprint density at radius 3 is 2.43 bits per heavy atom. The van der Waals surface area contributed by atoms with E-state index in [4.69, 9.17) is 4.74 Å². The van der Waals surface area contributed by atoms with Crippen LogP contribution in [0.3, 0.4) is 0 Å². The van der Waals surface area contributed by atoms with Gasteiger partial charge < -0.3 is 9.47 Å². The first kappa shape index (κ1) is 17.8. The molecule has 0 aliphatic heterocycles. The van der Waals surface area contributed by atoms with Gasteiger partial charge in [0.05, 0.1) is 22.4 Å². The van der Waals surface area contributed by atoms with Crippen molar-refractivity contribution in [3.8, 4) is 5.75 Å². The zero-order valence-corrected chi connectivity index (χ0v) is 13.6. The second-order valence-electron chi connectivity index (χ2n) is 3.76. The summed E-state index contributed by atoms with van der Waals surface area (Å²) in [5, 5.41) is 0. The van der Waals surface area contributed by atoms with Crippen molar-refractivity contribution in [2.45, 2.75) is 25.4 Å². The van der Waals surface area contributed by atoms with Crippen molar-refractivity contribution in [1.82, 2.24) is 0 Å². The SMILES string of the molecule is CCOC(=O)c1ccc(S(=O)(=O)CC)c(OC(F)F)c1Br. The highest BCUT2D eigenvalue weighted by Gasteiger charge is 2.26. The largest absolute Gasteiger partial charge is 0.462 e. The van der Waals surface area contributed by atoms with Crippen LogP contribution in [0.4, 0.5) is 8.78 Å². The summed E-state index contributed by atoms with van der Waals surface area (Å²) in [6.07, 6.45) is 0. The molecule has 0 saturated heterocycles. The molecule has 5 nitrogen and oxygen atoms in total. The number of halogens is 3. The number of esters is 1. The van der Waals surface area contributed by atoms with Crippen LogP contribution in [0.15, 0.2) is 21.5 Å². The number of carbonyl (C=O) groups excluding carboxylic acids is 1. The quantitative estimate of drug-likeness (QED) is 0.702. The number of ether oxygens (including phenoxy) is 2. The summed E-state index contributed by atoms with van der Waals surface area (Å²) in [7, 11) is -3.79. The van der Waals surface area contributed by atoms with E-state index in [9.17, 15) is 22.0 Å². The molecule has 1 aromatic carbocycles. The molecule has 0 radical (unpaired) electrons. The highest BCUT2D eigenvalue weighted by Crippen LogP contribution is 2.37. The van der Waals surface area contributed by atoms with E-state index in [-0.39, 0.29) is 22.4 Å². The zero-order valence-electron chi connectivity index (χ0n) is 11.2. The molecule has 1 rings (SSSR count). The Hall–Kier alpha value is -1.22. The number of hydrogen-bond acceptors (Lipinski definition) is 5. The number of alkyl halides is 2. The second kappa shape index (κ2) is 7.17. The van der Waals surface area contributed by atoms with Crippen molar-refractivity contribution in [2.24, 2.45) is 0 Å². The zero-order chi connectivity index (χ0) is 16.2. The lowest BCUT2D eigenvalue weighted by Gasteiger charge is -2.14. The summed E-state index contributed by atoms with van der Waals surface area (Å²) >= 11 is 2.93. The van der Waals surface area contributed by atoms with Gasteiger partial charge in [-0.05, 0) is 35.0 Å². The molecule has 0 amide bonds. The van der Waals surface area contributed by atoms with Gasteiger partial charge in [0, 0.05) is 0 Å². The molecule has 0 aromatic heterocycles. The van der Waals surface area contributed by atoms with Gasteiger partial charge in [0.15, 0.2) is 15.6 Å². The average Bonchev–Trinajstić information content (AvgIpc) is 2.40. The maximum Gasteiger partial charge on any atom is 0.387 e. The molecule has 0 unspecified atom stereocenters. The van der Waals surface area contributed by atoms with Crippen LogP contribution < -0.4 is 4.74 Å². The van der Waals surface area contributed by atoms with Gasteiger partial charge in [-0.25, -0.2) is 13.2 Å². The van der Waals surface area contributed by atoms with Crippen LogP contribution >= 0.6 is 15.9 Å². The molecule has 21 heavy (non-hydrogen) atoms. The van der Waals surface area contributed by atoms with Gasteiger partial charge in [-0.2, -0.15) is 8.78 Å². The van der Waals surface area contributed by atoms with Gasteiger partial charge in [-0.15, -0.1) is 0 Å². The average molecular weight is 387 g/mol. The maximum absolute atomic E-state index is 12.5. The van der Waals surface area contributed by atoms with Gasteiger partial charge in [0.25, 0.3) is 0 Å². The van der Waals surface area contributed by atoms with Gasteiger partial charge in [-0.3, -0.25) is 0 Å². The number of sulfone groups is 1. The predicted molar refractivity (Wildman–Crippen MR) is 74.5 cm³/mol. The topological polar surface area (TPSA) is 69.7 Å². The van der Waals surface area contributed by atoms with Crippen LogP contribution in [0.5, 0.6) is 5.75 Å². The first-order valence-corrected chi connectivity index (χ1v) is 8.36. The summed E-state index contributed by atoms with van der Waals surface area (Å²) in [6, 6.07) is 2.23. The van der Waals surface area contributed by atoms with Crippen LogP contribution in [-0.4, -0.2) is 33.4 Å². The van der Waals surface area contributed by atoms with Crippen LogP contribution in [-0.2, 0) is 14.6 Å².